The van der Waals surface area contributed by atoms with Crippen LogP contribution in [0.1, 0.15) is 25.3 Å². The first-order valence-corrected chi connectivity index (χ1v) is 7.73. The monoisotopic (exact) mass is 340 g/mol. The molecule has 2 N–H and O–H groups in total. The fraction of sp³-hybridized carbons (Fsp3) is 0.533. The molecule has 1 saturated heterocycles. The van der Waals surface area contributed by atoms with Crippen molar-refractivity contribution in [3.63, 3.8) is 0 Å². The van der Waals surface area contributed by atoms with E-state index in [-0.39, 0.29) is 11.8 Å². The van der Waals surface area contributed by atoms with E-state index in [0.717, 1.165) is 35.2 Å². The van der Waals surface area contributed by atoms with Gasteiger partial charge in [0.25, 0.3) is 0 Å². The zero-order valence-corrected chi connectivity index (χ0v) is 13.5. The van der Waals surface area contributed by atoms with E-state index in [9.17, 15) is 4.79 Å². The predicted molar refractivity (Wildman–Crippen MR) is 82.7 cm³/mol. The third-order valence-corrected chi connectivity index (χ3v) is 4.30. The number of carbonyl (C=O) groups is 1. The van der Waals surface area contributed by atoms with Crippen LogP contribution in [-0.4, -0.2) is 25.6 Å². The number of amides is 1. The zero-order chi connectivity index (χ0) is 14.5. The zero-order valence-electron chi connectivity index (χ0n) is 11.9. The Morgan fingerprint density at radius 1 is 1.55 bits per heavy atom. The van der Waals surface area contributed by atoms with Gasteiger partial charge in [0.2, 0.25) is 5.91 Å². The average molecular weight is 341 g/mol. The summed E-state index contributed by atoms with van der Waals surface area (Å²) in [6.45, 7) is 3.60. The molecular formula is C15H21BrN2O2. The molecule has 0 aliphatic carbocycles. The van der Waals surface area contributed by atoms with E-state index >= 15 is 0 Å². The molecule has 1 fully saturated rings. The second-order valence-corrected chi connectivity index (χ2v) is 6.12. The number of piperidine rings is 1. The summed E-state index contributed by atoms with van der Waals surface area (Å²) in [7, 11) is 1.64. The van der Waals surface area contributed by atoms with Crippen molar-refractivity contribution in [2.24, 2.45) is 5.92 Å². The number of rotatable bonds is 4. The maximum atomic E-state index is 12.1. The van der Waals surface area contributed by atoms with Crippen molar-refractivity contribution < 1.29 is 9.53 Å². The van der Waals surface area contributed by atoms with E-state index in [0.29, 0.717) is 12.6 Å². The van der Waals surface area contributed by atoms with Gasteiger partial charge in [0.1, 0.15) is 5.75 Å². The Labute approximate surface area is 128 Å². The average Bonchev–Trinajstić information content (AvgIpc) is 2.45. The summed E-state index contributed by atoms with van der Waals surface area (Å²) in [5, 5.41) is 6.39. The molecule has 5 heteroatoms. The minimum Gasteiger partial charge on any atom is -0.496 e. The number of ether oxygens (including phenoxy) is 1. The summed E-state index contributed by atoms with van der Waals surface area (Å²) in [5.41, 5.74) is 1.06. The highest BCUT2D eigenvalue weighted by Gasteiger charge is 2.24. The first-order chi connectivity index (χ1) is 9.60. The molecule has 0 saturated carbocycles. The SMILES string of the molecule is COc1ccc(CNC(=O)[C@H]2CCN[C@@H](C)C2)cc1Br. The molecule has 0 spiro atoms. The van der Waals surface area contributed by atoms with E-state index in [4.69, 9.17) is 4.74 Å². The van der Waals surface area contributed by atoms with Crippen LogP contribution >= 0.6 is 15.9 Å². The molecule has 2 rings (SSSR count). The van der Waals surface area contributed by atoms with Crippen LogP contribution in [0.15, 0.2) is 22.7 Å². The molecule has 0 bridgehead atoms. The maximum absolute atomic E-state index is 12.1. The van der Waals surface area contributed by atoms with Crippen LogP contribution in [0.25, 0.3) is 0 Å². The Morgan fingerprint density at radius 3 is 3.00 bits per heavy atom. The van der Waals surface area contributed by atoms with Gasteiger partial charge in [-0.25, -0.2) is 0 Å². The Kier molecular flexibility index (Phi) is 5.43. The summed E-state index contributed by atoms with van der Waals surface area (Å²) < 4.78 is 6.10. The molecule has 0 unspecified atom stereocenters. The van der Waals surface area contributed by atoms with Crippen molar-refractivity contribution in [3.8, 4) is 5.75 Å². The standard InChI is InChI=1S/C15H21BrN2O2/c1-10-7-12(5-6-17-10)15(19)18-9-11-3-4-14(20-2)13(16)8-11/h3-4,8,10,12,17H,5-7,9H2,1-2H3,(H,18,19)/t10-,12-/m0/s1. The number of methoxy groups -OCH3 is 1. The number of halogens is 1. The molecule has 2 atom stereocenters. The quantitative estimate of drug-likeness (QED) is 0.885. The van der Waals surface area contributed by atoms with Crippen molar-refractivity contribution in [1.29, 1.82) is 0 Å². The Bertz CT molecular complexity index is 479. The van der Waals surface area contributed by atoms with Crippen LogP contribution in [0.2, 0.25) is 0 Å². The van der Waals surface area contributed by atoms with Crippen molar-refractivity contribution in [1.82, 2.24) is 10.6 Å². The fourth-order valence-corrected chi connectivity index (χ4v) is 3.11. The van der Waals surface area contributed by atoms with Gasteiger partial charge >= 0.3 is 0 Å². The van der Waals surface area contributed by atoms with Crippen LogP contribution in [-0.2, 0) is 11.3 Å². The van der Waals surface area contributed by atoms with Crippen molar-refractivity contribution in [2.45, 2.75) is 32.4 Å². The van der Waals surface area contributed by atoms with E-state index in [1.54, 1.807) is 7.11 Å². The van der Waals surface area contributed by atoms with E-state index in [1.165, 1.54) is 0 Å². The molecule has 1 amide bonds. The molecule has 0 radical (unpaired) electrons. The molecule has 110 valence electrons. The second-order valence-electron chi connectivity index (χ2n) is 5.26. The molecule has 1 aromatic carbocycles. The topological polar surface area (TPSA) is 50.4 Å². The summed E-state index contributed by atoms with van der Waals surface area (Å²) in [6.07, 6.45) is 1.83. The van der Waals surface area contributed by atoms with Crippen molar-refractivity contribution in [3.05, 3.63) is 28.2 Å². The number of hydrogen-bond donors (Lipinski definition) is 2. The molecular weight excluding hydrogens is 320 g/mol. The van der Waals surface area contributed by atoms with Crippen molar-refractivity contribution >= 4 is 21.8 Å². The number of hydrogen-bond acceptors (Lipinski definition) is 3. The normalized spacial score (nSPS) is 22.4. The third-order valence-electron chi connectivity index (χ3n) is 3.68. The Hall–Kier alpha value is -1.07. The van der Waals surface area contributed by atoms with Gasteiger partial charge < -0.3 is 15.4 Å². The molecule has 20 heavy (non-hydrogen) atoms. The minimum absolute atomic E-state index is 0.132. The van der Waals surface area contributed by atoms with Crippen LogP contribution in [0.4, 0.5) is 0 Å². The number of nitrogens with one attached hydrogen (secondary N) is 2. The predicted octanol–water partition coefficient (Wildman–Crippen LogP) is 2.46. The molecule has 1 heterocycles. The molecule has 4 nitrogen and oxygen atoms in total. The Balaban J connectivity index is 1.88. The Morgan fingerprint density at radius 2 is 2.35 bits per heavy atom. The van der Waals surface area contributed by atoms with Crippen LogP contribution in [0.3, 0.4) is 0 Å². The molecule has 0 aromatic heterocycles. The summed E-state index contributed by atoms with van der Waals surface area (Å²) in [5.74, 6) is 1.09. The van der Waals surface area contributed by atoms with Crippen LogP contribution in [0.5, 0.6) is 5.75 Å². The summed E-state index contributed by atoms with van der Waals surface area (Å²) >= 11 is 3.45. The van der Waals surface area contributed by atoms with E-state index in [1.807, 2.05) is 18.2 Å². The lowest BCUT2D eigenvalue weighted by Gasteiger charge is -2.27. The van der Waals surface area contributed by atoms with Gasteiger partial charge in [-0.05, 0) is 59.9 Å². The van der Waals surface area contributed by atoms with E-state index in [2.05, 4.69) is 33.5 Å². The van der Waals surface area contributed by atoms with Crippen LogP contribution < -0.4 is 15.4 Å². The van der Waals surface area contributed by atoms with Gasteiger partial charge in [-0.1, -0.05) is 6.07 Å². The largest absolute Gasteiger partial charge is 0.496 e. The summed E-state index contributed by atoms with van der Waals surface area (Å²) in [6, 6.07) is 6.27. The van der Waals surface area contributed by atoms with Crippen LogP contribution in [0, 0.1) is 5.92 Å². The molecule has 1 aliphatic rings. The van der Waals surface area contributed by atoms with Gasteiger partial charge in [-0.2, -0.15) is 0 Å². The van der Waals surface area contributed by atoms with Crippen molar-refractivity contribution in [2.75, 3.05) is 13.7 Å². The smallest absolute Gasteiger partial charge is 0.223 e. The highest BCUT2D eigenvalue weighted by molar-refractivity contribution is 9.10. The first-order valence-electron chi connectivity index (χ1n) is 6.93. The van der Waals surface area contributed by atoms with Gasteiger partial charge in [0.15, 0.2) is 0 Å². The van der Waals surface area contributed by atoms with Gasteiger partial charge in [0, 0.05) is 18.5 Å². The fourth-order valence-electron chi connectivity index (χ4n) is 2.52. The molecule has 1 aromatic rings. The number of carbonyl (C=O) groups excluding carboxylic acids is 1. The minimum atomic E-state index is 0.132. The van der Waals surface area contributed by atoms with Gasteiger partial charge in [0.05, 0.1) is 11.6 Å². The summed E-state index contributed by atoms with van der Waals surface area (Å²) in [4.78, 5) is 12.1. The highest BCUT2D eigenvalue weighted by Crippen LogP contribution is 2.25. The lowest BCUT2D eigenvalue weighted by molar-refractivity contribution is -0.126. The third kappa shape index (κ3) is 3.96. The lowest BCUT2D eigenvalue weighted by Crippen LogP contribution is -2.42. The van der Waals surface area contributed by atoms with E-state index < -0.39 is 0 Å². The number of benzene rings is 1. The molecule has 1 aliphatic heterocycles. The second kappa shape index (κ2) is 7.09. The van der Waals surface area contributed by atoms with Gasteiger partial charge in [-0.15, -0.1) is 0 Å². The highest BCUT2D eigenvalue weighted by atomic mass is 79.9. The first kappa shape index (κ1) is 15.3. The maximum Gasteiger partial charge on any atom is 0.223 e. The lowest BCUT2D eigenvalue weighted by atomic mass is 9.92. The van der Waals surface area contributed by atoms with Gasteiger partial charge in [-0.3, -0.25) is 4.79 Å².